The first-order valence-corrected chi connectivity index (χ1v) is 14.9. The predicted octanol–water partition coefficient (Wildman–Crippen LogP) is 4.46. The maximum atomic E-state index is 14.0. The summed E-state index contributed by atoms with van der Waals surface area (Å²) in [5.41, 5.74) is 2.95. The van der Waals surface area contributed by atoms with Gasteiger partial charge in [-0.1, -0.05) is 54.4 Å². The Kier molecular flexibility index (Phi) is 10.8. The number of hydrogen-bond donors (Lipinski definition) is 1. The van der Waals surface area contributed by atoms with Gasteiger partial charge in [-0.3, -0.25) is 13.9 Å². The SMILES string of the molecule is CCCNC(=O)C(C)N(Cc1cccc(C)c1)C(=O)CN(c1ccc(OC)c(OC)c1)S(=O)(=O)c1ccc(C)cc1. The second-order valence-electron chi connectivity index (χ2n) is 9.84. The highest BCUT2D eigenvalue weighted by Crippen LogP contribution is 2.34. The van der Waals surface area contributed by atoms with Crippen molar-refractivity contribution in [2.24, 2.45) is 0 Å². The predicted molar refractivity (Wildman–Crippen MR) is 160 cm³/mol. The first-order valence-electron chi connectivity index (χ1n) is 13.5. The number of amides is 2. The van der Waals surface area contributed by atoms with Gasteiger partial charge < -0.3 is 19.7 Å². The van der Waals surface area contributed by atoms with Gasteiger partial charge in [0, 0.05) is 19.2 Å². The number of ether oxygens (including phenoxy) is 2. The lowest BCUT2D eigenvalue weighted by Crippen LogP contribution is -2.51. The molecule has 0 heterocycles. The molecule has 3 rings (SSSR count). The molecular formula is C31H39N3O6S. The molecule has 0 saturated heterocycles. The van der Waals surface area contributed by atoms with Gasteiger partial charge in [0.2, 0.25) is 11.8 Å². The Hall–Kier alpha value is -4.05. The molecule has 0 saturated carbocycles. The topological polar surface area (TPSA) is 105 Å². The molecular weight excluding hydrogens is 542 g/mol. The highest BCUT2D eigenvalue weighted by atomic mass is 32.2. The summed E-state index contributed by atoms with van der Waals surface area (Å²) in [6, 6.07) is 17.9. The van der Waals surface area contributed by atoms with E-state index in [1.54, 1.807) is 31.2 Å². The summed E-state index contributed by atoms with van der Waals surface area (Å²) in [6.45, 7) is 7.45. The standard InChI is InChI=1S/C31H39N3O6S/c1-7-17-32-31(36)24(4)33(20-25-10-8-9-23(3)18-25)30(35)21-34(26-13-16-28(39-5)29(19-26)40-6)41(37,38)27-14-11-22(2)12-15-27/h8-16,18-19,24H,7,17,20-21H2,1-6H3,(H,32,36). The molecule has 0 aliphatic rings. The minimum atomic E-state index is -4.19. The molecule has 10 heteroatoms. The number of anilines is 1. The molecule has 0 aliphatic carbocycles. The van der Waals surface area contributed by atoms with Gasteiger partial charge >= 0.3 is 0 Å². The first-order chi connectivity index (χ1) is 19.5. The molecule has 0 aromatic heterocycles. The van der Waals surface area contributed by atoms with E-state index in [-0.39, 0.29) is 23.0 Å². The third-order valence-corrected chi connectivity index (χ3v) is 8.48. The van der Waals surface area contributed by atoms with E-state index in [2.05, 4.69) is 5.32 Å². The van der Waals surface area contributed by atoms with Gasteiger partial charge in [0.05, 0.1) is 24.8 Å². The van der Waals surface area contributed by atoms with Gasteiger partial charge in [-0.05, 0) is 57.0 Å². The van der Waals surface area contributed by atoms with Crippen LogP contribution in [0.25, 0.3) is 0 Å². The van der Waals surface area contributed by atoms with Crippen LogP contribution in [0.5, 0.6) is 11.5 Å². The van der Waals surface area contributed by atoms with Gasteiger partial charge in [0.15, 0.2) is 11.5 Å². The number of carbonyl (C=O) groups is 2. The average molecular weight is 582 g/mol. The zero-order valence-electron chi connectivity index (χ0n) is 24.5. The van der Waals surface area contributed by atoms with Crippen LogP contribution >= 0.6 is 0 Å². The number of nitrogens with zero attached hydrogens (tertiary/aromatic N) is 2. The average Bonchev–Trinajstić information content (AvgIpc) is 2.96. The molecule has 1 atom stereocenters. The van der Waals surface area contributed by atoms with Crippen LogP contribution in [0.1, 0.15) is 37.0 Å². The van der Waals surface area contributed by atoms with E-state index >= 15 is 0 Å². The van der Waals surface area contributed by atoms with Crippen LogP contribution in [-0.2, 0) is 26.2 Å². The number of aryl methyl sites for hydroxylation is 2. The first kappa shape index (κ1) is 31.5. The minimum Gasteiger partial charge on any atom is -0.493 e. The van der Waals surface area contributed by atoms with Crippen LogP contribution in [0.3, 0.4) is 0 Å². The van der Waals surface area contributed by atoms with Crippen molar-refractivity contribution in [3.63, 3.8) is 0 Å². The number of hydrogen-bond acceptors (Lipinski definition) is 6. The summed E-state index contributed by atoms with van der Waals surface area (Å²) in [6.07, 6.45) is 0.742. The van der Waals surface area contributed by atoms with Crippen molar-refractivity contribution in [3.05, 3.63) is 83.4 Å². The molecule has 3 aromatic rings. The van der Waals surface area contributed by atoms with Crippen molar-refractivity contribution >= 4 is 27.5 Å². The summed E-state index contributed by atoms with van der Waals surface area (Å²) in [5, 5.41) is 2.84. The molecule has 1 N–H and O–H groups in total. The number of nitrogens with one attached hydrogen (secondary N) is 1. The zero-order valence-corrected chi connectivity index (χ0v) is 25.3. The van der Waals surface area contributed by atoms with E-state index in [9.17, 15) is 18.0 Å². The second-order valence-corrected chi connectivity index (χ2v) is 11.7. The summed E-state index contributed by atoms with van der Waals surface area (Å²) >= 11 is 0. The largest absolute Gasteiger partial charge is 0.493 e. The molecule has 41 heavy (non-hydrogen) atoms. The third-order valence-electron chi connectivity index (χ3n) is 6.69. The van der Waals surface area contributed by atoms with Gasteiger partial charge in [-0.2, -0.15) is 0 Å². The minimum absolute atomic E-state index is 0.0321. The zero-order chi connectivity index (χ0) is 30.2. The molecule has 1 unspecified atom stereocenters. The lowest BCUT2D eigenvalue weighted by Gasteiger charge is -2.32. The Morgan fingerprint density at radius 3 is 2.20 bits per heavy atom. The van der Waals surface area contributed by atoms with Gasteiger partial charge in [0.25, 0.3) is 10.0 Å². The Balaban J connectivity index is 2.08. The normalized spacial score (nSPS) is 11.9. The quantitative estimate of drug-likeness (QED) is 0.320. The molecule has 2 amide bonds. The van der Waals surface area contributed by atoms with Gasteiger partial charge in [0.1, 0.15) is 12.6 Å². The van der Waals surface area contributed by atoms with Crippen LogP contribution in [0.4, 0.5) is 5.69 Å². The number of rotatable bonds is 13. The maximum Gasteiger partial charge on any atom is 0.264 e. The fourth-order valence-corrected chi connectivity index (χ4v) is 5.74. The van der Waals surface area contributed by atoms with E-state index in [0.717, 1.165) is 27.4 Å². The molecule has 9 nitrogen and oxygen atoms in total. The maximum absolute atomic E-state index is 14.0. The number of methoxy groups -OCH3 is 2. The molecule has 0 aliphatic heterocycles. The van der Waals surface area contributed by atoms with Crippen molar-refractivity contribution in [1.82, 2.24) is 10.2 Å². The Labute approximate surface area is 243 Å². The highest BCUT2D eigenvalue weighted by molar-refractivity contribution is 7.92. The Morgan fingerprint density at radius 2 is 1.59 bits per heavy atom. The Morgan fingerprint density at radius 1 is 0.902 bits per heavy atom. The lowest BCUT2D eigenvalue weighted by atomic mass is 10.1. The van der Waals surface area contributed by atoms with E-state index in [1.807, 2.05) is 45.0 Å². The van der Waals surface area contributed by atoms with E-state index in [0.29, 0.717) is 18.0 Å². The lowest BCUT2D eigenvalue weighted by molar-refractivity contribution is -0.139. The van der Waals surface area contributed by atoms with Crippen molar-refractivity contribution < 1.29 is 27.5 Å². The number of carbonyl (C=O) groups excluding carboxylic acids is 2. The van der Waals surface area contributed by atoms with E-state index < -0.39 is 28.5 Å². The van der Waals surface area contributed by atoms with Gasteiger partial charge in [-0.25, -0.2) is 8.42 Å². The molecule has 0 fully saturated rings. The summed E-state index contributed by atoms with van der Waals surface area (Å²) < 4.78 is 39.8. The monoisotopic (exact) mass is 581 g/mol. The summed E-state index contributed by atoms with van der Waals surface area (Å²) in [5.74, 6) is -0.119. The summed E-state index contributed by atoms with van der Waals surface area (Å²) in [4.78, 5) is 28.5. The van der Waals surface area contributed by atoms with Crippen LogP contribution in [0.2, 0.25) is 0 Å². The van der Waals surface area contributed by atoms with Crippen LogP contribution < -0.4 is 19.1 Å². The third kappa shape index (κ3) is 7.79. The van der Waals surface area contributed by atoms with Crippen molar-refractivity contribution in [1.29, 1.82) is 0 Å². The van der Waals surface area contributed by atoms with E-state index in [4.69, 9.17) is 9.47 Å². The molecule has 220 valence electrons. The van der Waals surface area contributed by atoms with Gasteiger partial charge in [-0.15, -0.1) is 0 Å². The van der Waals surface area contributed by atoms with Crippen molar-refractivity contribution in [3.8, 4) is 11.5 Å². The van der Waals surface area contributed by atoms with Crippen LogP contribution in [-0.4, -0.2) is 58.5 Å². The molecule has 0 radical (unpaired) electrons. The smallest absolute Gasteiger partial charge is 0.264 e. The fourth-order valence-electron chi connectivity index (χ4n) is 4.33. The number of sulfonamides is 1. The van der Waals surface area contributed by atoms with E-state index in [1.165, 1.54) is 37.3 Å². The van der Waals surface area contributed by atoms with Crippen LogP contribution in [0.15, 0.2) is 71.6 Å². The van der Waals surface area contributed by atoms with Crippen molar-refractivity contribution in [2.45, 2.75) is 51.6 Å². The van der Waals surface area contributed by atoms with Crippen LogP contribution in [0, 0.1) is 13.8 Å². The molecule has 0 spiro atoms. The highest BCUT2D eigenvalue weighted by Gasteiger charge is 2.33. The van der Waals surface area contributed by atoms with Crippen molar-refractivity contribution in [2.75, 3.05) is 31.6 Å². The molecule has 3 aromatic carbocycles. The molecule has 0 bridgehead atoms. The Bertz CT molecular complexity index is 1460. The summed E-state index contributed by atoms with van der Waals surface area (Å²) in [7, 11) is -1.26. The second kappa shape index (κ2) is 14.0. The fraction of sp³-hybridized carbons (Fsp3) is 0.355. The number of benzene rings is 3.